The van der Waals surface area contributed by atoms with Crippen LogP contribution in [0, 0.1) is 6.92 Å². The van der Waals surface area contributed by atoms with Gasteiger partial charge in [-0.15, -0.1) is 0 Å². The van der Waals surface area contributed by atoms with Crippen LogP contribution in [0.3, 0.4) is 0 Å². The van der Waals surface area contributed by atoms with E-state index in [9.17, 15) is 0 Å². The highest BCUT2D eigenvalue weighted by atomic mass is 14.9. The summed E-state index contributed by atoms with van der Waals surface area (Å²) in [5.41, 5.74) is 3.00. The van der Waals surface area contributed by atoms with Crippen molar-refractivity contribution in [3.8, 4) is 11.4 Å². The Morgan fingerprint density at radius 1 is 1.17 bits per heavy atom. The number of nitrogens with one attached hydrogen (secondary N) is 1. The third-order valence-electron chi connectivity index (χ3n) is 2.54. The van der Waals surface area contributed by atoms with Crippen molar-refractivity contribution in [3.63, 3.8) is 0 Å². The van der Waals surface area contributed by atoms with Crippen molar-refractivity contribution < 1.29 is 0 Å². The molecular weight excluding hydrogens is 224 g/mol. The average Bonchev–Trinajstić information content (AvgIpc) is 2.37. The molecule has 0 aliphatic heterocycles. The van der Waals surface area contributed by atoms with Crippen LogP contribution in [-0.2, 0) is 6.54 Å². The largest absolute Gasteiger partial charge is 0.309 e. The molecule has 0 amide bonds. The lowest BCUT2D eigenvalue weighted by Crippen LogP contribution is -2.22. The van der Waals surface area contributed by atoms with Crippen LogP contribution in [0.5, 0.6) is 0 Å². The normalized spacial score (nSPS) is 10.9. The second-order valence-electron chi connectivity index (χ2n) is 4.60. The number of hydrogen-bond donors (Lipinski definition) is 1. The topological polar surface area (TPSA) is 50.7 Å². The van der Waals surface area contributed by atoms with Crippen LogP contribution < -0.4 is 5.32 Å². The van der Waals surface area contributed by atoms with Crippen molar-refractivity contribution in [2.24, 2.45) is 0 Å². The third kappa shape index (κ3) is 3.34. The van der Waals surface area contributed by atoms with Gasteiger partial charge in [-0.25, -0.2) is 9.97 Å². The van der Waals surface area contributed by atoms with Gasteiger partial charge in [0.2, 0.25) is 0 Å². The van der Waals surface area contributed by atoms with E-state index in [0.717, 1.165) is 29.3 Å². The minimum Gasteiger partial charge on any atom is -0.309 e. The number of pyridine rings is 1. The smallest absolute Gasteiger partial charge is 0.159 e. The molecule has 0 saturated carbocycles. The fourth-order valence-electron chi connectivity index (χ4n) is 1.66. The molecule has 0 aromatic carbocycles. The first-order chi connectivity index (χ1) is 8.65. The predicted molar refractivity (Wildman–Crippen MR) is 72.0 cm³/mol. The third-order valence-corrected chi connectivity index (χ3v) is 2.54. The van der Waals surface area contributed by atoms with Gasteiger partial charge in [0.15, 0.2) is 5.82 Å². The van der Waals surface area contributed by atoms with Crippen LogP contribution in [0.1, 0.15) is 25.2 Å². The lowest BCUT2D eigenvalue weighted by atomic mass is 10.2. The summed E-state index contributed by atoms with van der Waals surface area (Å²) in [5.74, 6) is 0.762. The van der Waals surface area contributed by atoms with E-state index in [4.69, 9.17) is 0 Å². The Bertz CT molecular complexity index is 508. The summed E-state index contributed by atoms with van der Waals surface area (Å²) in [5, 5.41) is 3.37. The molecule has 1 N–H and O–H groups in total. The summed E-state index contributed by atoms with van der Waals surface area (Å²) in [7, 11) is 0. The molecule has 0 unspecified atom stereocenters. The van der Waals surface area contributed by atoms with E-state index in [0.29, 0.717) is 6.04 Å². The molecule has 4 nitrogen and oxygen atoms in total. The SMILES string of the molecule is Cc1cc(CNC(C)C)nc(-c2ccncc2)n1. The zero-order chi connectivity index (χ0) is 13.0. The number of nitrogens with zero attached hydrogens (tertiary/aromatic N) is 3. The molecule has 0 aliphatic rings. The van der Waals surface area contributed by atoms with E-state index < -0.39 is 0 Å². The van der Waals surface area contributed by atoms with Gasteiger partial charge in [0.1, 0.15) is 0 Å². The fraction of sp³-hybridized carbons (Fsp3) is 0.357. The van der Waals surface area contributed by atoms with Gasteiger partial charge in [-0.2, -0.15) is 0 Å². The Labute approximate surface area is 108 Å². The molecule has 18 heavy (non-hydrogen) atoms. The van der Waals surface area contributed by atoms with Gasteiger partial charge < -0.3 is 5.32 Å². The molecule has 2 aromatic heterocycles. The Morgan fingerprint density at radius 3 is 2.56 bits per heavy atom. The highest BCUT2D eigenvalue weighted by Gasteiger charge is 2.05. The molecular formula is C14H18N4. The minimum absolute atomic E-state index is 0.449. The lowest BCUT2D eigenvalue weighted by molar-refractivity contribution is 0.580. The van der Waals surface area contributed by atoms with E-state index in [1.165, 1.54) is 0 Å². The minimum atomic E-state index is 0.449. The van der Waals surface area contributed by atoms with Crippen molar-refractivity contribution in [2.75, 3.05) is 0 Å². The molecule has 2 heterocycles. The van der Waals surface area contributed by atoms with Gasteiger partial charge in [-0.3, -0.25) is 4.98 Å². The predicted octanol–water partition coefficient (Wildman–Crippen LogP) is 2.35. The van der Waals surface area contributed by atoms with E-state index in [1.807, 2.05) is 25.1 Å². The first-order valence-corrected chi connectivity index (χ1v) is 6.13. The Morgan fingerprint density at radius 2 is 1.89 bits per heavy atom. The monoisotopic (exact) mass is 242 g/mol. The van der Waals surface area contributed by atoms with E-state index in [-0.39, 0.29) is 0 Å². The van der Waals surface area contributed by atoms with Gasteiger partial charge in [0.05, 0.1) is 5.69 Å². The van der Waals surface area contributed by atoms with Crippen LogP contribution in [0.15, 0.2) is 30.6 Å². The van der Waals surface area contributed by atoms with Crippen molar-refractivity contribution >= 4 is 0 Å². The maximum absolute atomic E-state index is 4.57. The maximum Gasteiger partial charge on any atom is 0.159 e. The van der Waals surface area contributed by atoms with Crippen molar-refractivity contribution in [3.05, 3.63) is 42.0 Å². The van der Waals surface area contributed by atoms with Gasteiger partial charge in [-0.1, -0.05) is 13.8 Å². The van der Waals surface area contributed by atoms with Crippen molar-refractivity contribution in [2.45, 2.75) is 33.4 Å². The first kappa shape index (κ1) is 12.6. The molecule has 2 rings (SSSR count). The summed E-state index contributed by atoms with van der Waals surface area (Å²) >= 11 is 0. The standard InChI is InChI=1S/C14H18N4/c1-10(2)16-9-13-8-11(3)17-14(18-13)12-4-6-15-7-5-12/h4-8,10,16H,9H2,1-3H3. The second-order valence-corrected chi connectivity index (χ2v) is 4.60. The quantitative estimate of drug-likeness (QED) is 0.894. The molecule has 0 fully saturated rings. The number of rotatable bonds is 4. The summed E-state index contributed by atoms with van der Waals surface area (Å²) in [6.45, 7) is 7.00. The number of hydrogen-bond acceptors (Lipinski definition) is 4. The molecule has 0 radical (unpaired) electrons. The van der Waals surface area contributed by atoms with Crippen LogP contribution in [0.25, 0.3) is 11.4 Å². The highest BCUT2D eigenvalue weighted by Crippen LogP contribution is 2.14. The van der Waals surface area contributed by atoms with Crippen molar-refractivity contribution in [1.82, 2.24) is 20.3 Å². The molecule has 0 bridgehead atoms. The molecule has 0 spiro atoms. The van der Waals surface area contributed by atoms with Gasteiger partial charge >= 0.3 is 0 Å². The van der Waals surface area contributed by atoms with Crippen molar-refractivity contribution in [1.29, 1.82) is 0 Å². The van der Waals surface area contributed by atoms with Gasteiger partial charge in [0, 0.05) is 36.2 Å². The van der Waals surface area contributed by atoms with E-state index >= 15 is 0 Å². The van der Waals surface area contributed by atoms with Crippen LogP contribution in [0.4, 0.5) is 0 Å². The Balaban J connectivity index is 2.27. The lowest BCUT2D eigenvalue weighted by Gasteiger charge is -2.09. The average molecular weight is 242 g/mol. The molecule has 94 valence electrons. The zero-order valence-corrected chi connectivity index (χ0v) is 11.0. The number of aromatic nitrogens is 3. The molecule has 0 saturated heterocycles. The highest BCUT2D eigenvalue weighted by molar-refractivity contribution is 5.53. The molecule has 0 atom stereocenters. The van der Waals surface area contributed by atoms with Crippen LogP contribution in [-0.4, -0.2) is 21.0 Å². The van der Waals surface area contributed by atoms with Crippen LogP contribution in [0.2, 0.25) is 0 Å². The van der Waals surface area contributed by atoms with Gasteiger partial charge in [0.25, 0.3) is 0 Å². The first-order valence-electron chi connectivity index (χ1n) is 6.13. The zero-order valence-electron chi connectivity index (χ0n) is 11.0. The van der Waals surface area contributed by atoms with Gasteiger partial charge in [-0.05, 0) is 25.1 Å². The summed E-state index contributed by atoms with van der Waals surface area (Å²) < 4.78 is 0. The maximum atomic E-state index is 4.57. The van der Waals surface area contributed by atoms with Crippen LogP contribution >= 0.6 is 0 Å². The van der Waals surface area contributed by atoms with E-state index in [2.05, 4.69) is 34.1 Å². The fourth-order valence-corrected chi connectivity index (χ4v) is 1.66. The number of aryl methyl sites for hydroxylation is 1. The summed E-state index contributed by atoms with van der Waals surface area (Å²) in [4.78, 5) is 13.0. The van der Waals surface area contributed by atoms with E-state index in [1.54, 1.807) is 12.4 Å². The molecule has 2 aromatic rings. The summed E-state index contributed by atoms with van der Waals surface area (Å²) in [6.07, 6.45) is 3.51. The Hall–Kier alpha value is -1.81. The molecule has 0 aliphatic carbocycles. The Kier molecular flexibility index (Phi) is 3.99. The summed E-state index contributed by atoms with van der Waals surface area (Å²) in [6, 6.07) is 6.31. The molecule has 4 heteroatoms. The second kappa shape index (κ2) is 5.69.